The second-order valence-corrected chi connectivity index (χ2v) is 10.4. The second kappa shape index (κ2) is 12.6. The molecule has 3 aromatic carbocycles. The summed E-state index contributed by atoms with van der Waals surface area (Å²) in [6.07, 6.45) is 3.28. The van der Waals surface area contributed by atoms with Crippen molar-refractivity contribution in [3.63, 3.8) is 0 Å². The van der Waals surface area contributed by atoms with Crippen molar-refractivity contribution in [3.8, 4) is 5.75 Å². The molecule has 37 heavy (non-hydrogen) atoms. The summed E-state index contributed by atoms with van der Waals surface area (Å²) in [6.45, 7) is 7.68. The number of anilines is 1. The van der Waals surface area contributed by atoms with Crippen LogP contribution in [0.2, 0.25) is 5.02 Å². The Labute approximate surface area is 225 Å². The van der Waals surface area contributed by atoms with E-state index in [1.165, 1.54) is 12.0 Å². The van der Waals surface area contributed by atoms with Gasteiger partial charge in [0.1, 0.15) is 5.75 Å². The number of benzene rings is 3. The predicted molar refractivity (Wildman–Crippen MR) is 150 cm³/mol. The van der Waals surface area contributed by atoms with Crippen LogP contribution < -0.4 is 9.64 Å². The molecule has 5 nitrogen and oxygen atoms in total. The molecule has 2 aliphatic rings. The summed E-state index contributed by atoms with van der Waals surface area (Å²) in [7, 11) is 0. The van der Waals surface area contributed by atoms with Crippen molar-refractivity contribution in [2.45, 2.75) is 38.8 Å². The van der Waals surface area contributed by atoms with Gasteiger partial charge < -0.3 is 14.5 Å². The van der Waals surface area contributed by atoms with Crippen LogP contribution in [0.5, 0.6) is 5.75 Å². The molecule has 194 valence electrons. The van der Waals surface area contributed by atoms with E-state index in [1.807, 2.05) is 35.2 Å². The number of hydrogen-bond donors (Lipinski definition) is 0. The van der Waals surface area contributed by atoms with Crippen molar-refractivity contribution in [3.05, 3.63) is 94.5 Å². The van der Waals surface area contributed by atoms with Crippen molar-refractivity contribution >= 4 is 23.2 Å². The third kappa shape index (κ3) is 6.72. The smallest absolute Gasteiger partial charge is 0.227 e. The Morgan fingerprint density at radius 3 is 2.19 bits per heavy atom. The maximum atomic E-state index is 12.8. The van der Waals surface area contributed by atoms with Gasteiger partial charge in [0.15, 0.2) is 0 Å². The second-order valence-electron chi connectivity index (χ2n) is 10.00. The fraction of sp³-hybridized carbons (Fsp3) is 0.387. The van der Waals surface area contributed by atoms with Crippen molar-refractivity contribution in [1.82, 2.24) is 9.80 Å². The number of carbonyl (C=O) groups is 1. The Morgan fingerprint density at radius 2 is 1.43 bits per heavy atom. The summed E-state index contributed by atoms with van der Waals surface area (Å²) >= 11 is 6.59. The minimum absolute atomic E-state index is 0.145. The number of rotatable bonds is 9. The molecule has 0 bridgehead atoms. The van der Waals surface area contributed by atoms with E-state index in [9.17, 15) is 4.79 Å². The number of carbonyl (C=O) groups excluding carboxylic acids is 1. The molecule has 2 aliphatic heterocycles. The Kier molecular flexibility index (Phi) is 8.77. The van der Waals surface area contributed by atoms with Crippen molar-refractivity contribution < 1.29 is 9.53 Å². The fourth-order valence-electron chi connectivity index (χ4n) is 5.39. The van der Waals surface area contributed by atoms with Gasteiger partial charge in [-0.25, -0.2) is 0 Å². The molecule has 0 unspecified atom stereocenters. The van der Waals surface area contributed by atoms with Gasteiger partial charge >= 0.3 is 0 Å². The minimum Gasteiger partial charge on any atom is -0.492 e. The summed E-state index contributed by atoms with van der Waals surface area (Å²) in [5.74, 6) is 0.890. The first kappa shape index (κ1) is 25.8. The summed E-state index contributed by atoms with van der Waals surface area (Å²) in [6, 6.07) is 24.7. The van der Waals surface area contributed by atoms with Crippen molar-refractivity contribution in [2.24, 2.45) is 0 Å². The SMILES string of the molecule is O=C1CCc2c(ccc(Cl)c2OCCCN2CCCN(Cc3ccccc3)CC2)N1Cc1ccccc1. The van der Waals surface area contributed by atoms with E-state index in [4.69, 9.17) is 16.3 Å². The quantitative estimate of drug-likeness (QED) is 0.336. The van der Waals surface area contributed by atoms with E-state index >= 15 is 0 Å². The molecule has 2 heterocycles. The molecule has 1 saturated heterocycles. The lowest BCUT2D eigenvalue weighted by molar-refractivity contribution is -0.119. The van der Waals surface area contributed by atoms with Gasteiger partial charge in [0.05, 0.1) is 23.9 Å². The maximum absolute atomic E-state index is 12.8. The van der Waals surface area contributed by atoms with Crippen LogP contribution in [0.4, 0.5) is 5.69 Å². The molecule has 0 spiro atoms. The first-order valence-electron chi connectivity index (χ1n) is 13.4. The van der Waals surface area contributed by atoms with Crippen LogP contribution in [0.3, 0.4) is 0 Å². The summed E-state index contributed by atoms with van der Waals surface area (Å²) < 4.78 is 6.28. The van der Waals surface area contributed by atoms with E-state index in [1.54, 1.807) is 0 Å². The van der Waals surface area contributed by atoms with Crippen molar-refractivity contribution in [1.29, 1.82) is 0 Å². The van der Waals surface area contributed by atoms with Gasteiger partial charge in [0.2, 0.25) is 5.91 Å². The zero-order valence-corrected chi connectivity index (χ0v) is 22.2. The van der Waals surface area contributed by atoms with E-state index in [0.29, 0.717) is 31.0 Å². The highest BCUT2D eigenvalue weighted by Crippen LogP contribution is 2.40. The largest absolute Gasteiger partial charge is 0.492 e. The Bertz CT molecular complexity index is 1170. The average molecular weight is 518 g/mol. The van der Waals surface area contributed by atoms with Crippen LogP contribution in [0.25, 0.3) is 0 Å². The lowest BCUT2D eigenvalue weighted by Crippen LogP contribution is -2.34. The third-order valence-electron chi connectivity index (χ3n) is 7.35. The highest BCUT2D eigenvalue weighted by atomic mass is 35.5. The van der Waals surface area contributed by atoms with Gasteiger partial charge in [-0.3, -0.25) is 9.69 Å². The number of fused-ring (bicyclic) bond motifs is 1. The zero-order valence-electron chi connectivity index (χ0n) is 21.4. The Hall–Kier alpha value is -2.86. The van der Waals surface area contributed by atoms with E-state index in [2.05, 4.69) is 52.3 Å². The van der Waals surface area contributed by atoms with E-state index in [0.717, 1.165) is 68.3 Å². The summed E-state index contributed by atoms with van der Waals surface area (Å²) in [5, 5.41) is 0.624. The average Bonchev–Trinajstić information content (AvgIpc) is 3.15. The number of ether oxygens (including phenoxy) is 1. The molecule has 1 fully saturated rings. The van der Waals surface area contributed by atoms with Crippen LogP contribution in [0, 0.1) is 0 Å². The number of amides is 1. The summed E-state index contributed by atoms with van der Waals surface area (Å²) in [4.78, 5) is 19.8. The van der Waals surface area contributed by atoms with Gasteiger partial charge in [-0.05, 0) is 55.6 Å². The van der Waals surface area contributed by atoms with Gasteiger partial charge in [-0.1, -0.05) is 72.3 Å². The molecule has 0 radical (unpaired) electrons. The van der Waals surface area contributed by atoms with Gasteiger partial charge in [-0.2, -0.15) is 0 Å². The van der Waals surface area contributed by atoms with Crippen LogP contribution in [0.1, 0.15) is 36.0 Å². The molecular formula is C31H36ClN3O2. The maximum Gasteiger partial charge on any atom is 0.227 e. The van der Waals surface area contributed by atoms with Crippen LogP contribution in [0.15, 0.2) is 72.8 Å². The molecular weight excluding hydrogens is 482 g/mol. The number of nitrogens with zero attached hydrogens (tertiary/aromatic N) is 3. The van der Waals surface area contributed by atoms with E-state index < -0.39 is 0 Å². The highest BCUT2D eigenvalue weighted by Gasteiger charge is 2.28. The summed E-state index contributed by atoms with van der Waals surface area (Å²) in [5.41, 5.74) is 4.47. The van der Waals surface area contributed by atoms with E-state index in [-0.39, 0.29) is 5.91 Å². The molecule has 3 aromatic rings. The lowest BCUT2D eigenvalue weighted by Gasteiger charge is -2.31. The molecule has 1 amide bonds. The van der Waals surface area contributed by atoms with Gasteiger partial charge in [0, 0.05) is 38.2 Å². The molecule has 0 N–H and O–H groups in total. The normalized spacial score (nSPS) is 16.9. The third-order valence-corrected chi connectivity index (χ3v) is 7.64. The van der Waals surface area contributed by atoms with Gasteiger partial charge in [0.25, 0.3) is 0 Å². The molecule has 6 heteroatoms. The Morgan fingerprint density at radius 1 is 0.757 bits per heavy atom. The predicted octanol–water partition coefficient (Wildman–Crippen LogP) is 5.80. The van der Waals surface area contributed by atoms with Crippen molar-refractivity contribution in [2.75, 3.05) is 44.2 Å². The fourth-order valence-corrected chi connectivity index (χ4v) is 5.62. The molecule has 0 aliphatic carbocycles. The molecule has 0 atom stereocenters. The number of hydrogen-bond acceptors (Lipinski definition) is 4. The number of halogens is 1. The van der Waals surface area contributed by atoms with Crippen LogP contribution >= 0.6 is 11.6 Å². The zero-order chi connectivity index (χ0) is 25.5. The molecule has 5 rings (SSSR count). The molecule has 0 saturated carbocycles. The van der Waals surface area contributed by atoms with Crippen LogP contribution in [-0.4, -0.2) is 55.0 Å². The first-order chi connectivity index (χ1) is 18.2. The van der Waals surface area contributed by atoms with Gasteiger partial charge in [-0.15, -0.1) is 0 Å². The highest BCUT2D eigenvalue weighted by molar-refractivity contribution is 6.32. The standard InChI is InChI=1S/C31H36ClN3O2/c32-28-14-15-29-27(13-16-30(36)35(29)24-26-11-5-2-6-12-26)31(28)37-22-8-19-33-17-7-18-34(21-20-33)23-25-9-3-1-4-10-25/h1-6,9-12,14-15H,7-8,13,16-24H2. The lowest BCUT2D eigenvalue weighted by atomic mass is 9.99. The molecule has 0 aromatic heterocycles. The monoisotopic (exact) mass is 517 g/mol. The Balaban J connectivity index is 1.15. The minimum atomic E-state index is 0.145. The topological polar surface area (TPSA) is 36.0 Å². The first-order valence-corrected chi connectivity index (χ1v) is 13.8. The van der Waals surface area contributed by atoms with Crippen LogP contribution in [-0.2, 0) is 24.3 Å².